The Kier molecular flexibility index (Phi) is 4.37. The van der Waals surface area contributed by atoms with E-state index in [1.54, 1.807) is 7.11 Å². The van der Waals surface area contributed by atoms with Gasteiger partial charge >= 0.3 is 0 Å². The molecule has 0 fully saturated rings. The third-order valence-electron chi connectivity index (χ3n) is 3.90. The molecule has 3 nitrogen and oxygen atoms in total. The summed E-state index contributed by atoms with van der Waals surface area (Å²) in [5.74, 6) is 5.89. The zero-order valence-corrected chi connectivity index (χ0v) is 11.1. The molecule has 0 amide bonds. The standard InChI is InChI=1S/C14H22O3/c1-11-12(2)14(16,13(11,3)17-4)9-7-5-6-8-10-15/h15-16H,5-6,8,10H2,1-4H3/t13-,14+/m1/s1. The van der Waals surface area contributed by atoms with Gasteiger partial charge in [0, 0.05) is 20.1 Å². The van der Waals surface area contributed by atoms with E-state index in [0.29, 0.717) is 6.42 Å². The first-order valence-electron chi connectivity index (χ1n) is 6.01. The molecular formula is C14H22O3. The summed E-state index contributed by atoms with van der Waals surface area (Å²) >= 11 is 0. The number of methoxy groups -OCH3 is 1. The monoisotopic (exact) mass is 238 g/mol. The lowest BCUT2D eigenvalue weighted by Crippen LogP contribution is -2.62. The van der Waals surface area contributed by atoms with Gasteiger partial charge < -0.3 is 14.9 Å². The van der Waals surface area contributed by atoms with Gasteiger partial charge in [-0.3, -0.25) is 0 Å². The predicted octanol–water partition coefficient (Wildman–Crippen LogP) is 1.64. The van der Waals surface area contributed by atoms with Crippen LogP contribution in [0.15, 0.2) is 11.1 Å². The Morgan fingerprint density at radius 2 is 1.88 bits per heavy atom. The lowest BCUT2D eigenvalue weighted by Gasteiger charge is -2.51. The van der Waals surface area contributed by atoms with Crippen LogP contribution in [0, 0.1) is 11.8 Å². The van der Waals surface area contributed by atoms with Crippen LogP contribution in [0.2, 0.25) is 0 Å². The first-order valence-corrected chi connectivity index (χ1v) is 6.01. The van der Waals surface area contributed by atoms with Gasteiger partial charge in [-0.1, -0.05) is 11.8 Å². The molecule has 2 atom stereocenters. The number of ether oxygens (including phenoxy) is 1. The van der Waals surface area contributed by atoms with E-state index in [0.717, 1.165) is 24.0 Å². The van der Waals surface area contributed by atoms with E-state index >= 15 is 0 Å². The highest BCUT2D eigenvalue weighted by Crippen LogP contribution is 2.49. The Hall–Kier alpha value is -0.820. The number of unbranched alkanes of at least 4 members (excludes halogenated alkanes) is 2. The fraction of sp³-hybridized carbons (Fsp3) is 0.714. The summed E-state index contributed by atoms with van der Waals surface area (Å²) in [4.78, 5) is 0. The van der Waals surface area contributed by atoms with E-state index in [4.69, 9.17) is 9.84 Å². The molecule has 0 aromatic carbocycles. The second-order valence-electron chi connectivity index (χ2n) is 4.68. The highest BCUT2D eigenvalue weighted by atomic mass is 16.5. The minimum absolute atomic E-state index is 0.194. The molecule has 0 aromatic rings. The van der Waals surface area contributed by atoms with Gasteiger partial charge in [0.25, 0.3) is 0 Å². The van der Waals surface area contributed by atoms with Crippen LogP contribution in [-0.4, -0.2) is 35.1 Å². The maximum atomic E-state index is 10.5. The van der Waals surface area contributed by atoms with Crippen molar-refractivity contribution in [3.63, 3.8) is 0 Å². The van der Waals surface area contributed by atoms with Gasteiger partial charge in [0.1, 0.15) is 5.60 Å². The van der Waals surface area contributed by atoms with Crippen molar-refractivity contribution in [3.05, 3.63) is 11.1 Å². The first-order chi connectivity index (χ1) is 7.94. The fourth-order valence-electron chi connectivity index (χ4n) is 2.23. The Morgan fingerprint density at radius 3 is 2.41 bits per heavy atom. The maximum Gasteiger partial charge on any atom is 0.179 e. The lowest BCUT2D eigenvalue weighted by atomic mass is 9.62. The molecule has 1 rings (SSSR count). The van der Waals surface area contributed by atoms with Gasteiger partial charge in [0.2, 0.25) is 0 Å². The molecule has 0 unspecified atom stereocenters. The molecule has 0 bridgehead atoms. The predicted molar refractivity (Wildman–Crippen MR) is 67.5 cm³/mol. The van der Waals surface area contributed by atoms with Crippen LogP contribution in [0.1, 0.15) is 40.0 Å². The third-order valence-corrected chi connectivity index (χ3v) is 3.90. The van der Waals surface area contributed by atoms with Crippen molar-refractivity contribution in [1.82, 2.24) is 0 Å². The molecule has 17 heavy (non-hydrogen) atoms. The Morgan fingerprint density at radius 1 is 1.24 bits per heavy atom. The lowest BCUT2D eigenvalue weighted by molar-refractivity contribution is -0.111. The minimum atomic E-state index is -1.16. The molecule has 0 aromatic heterocycles. The van der Waals surface area contributed by atoms with E-state index in [1.807, 2.05) is 20.8 Å². The molecule has 0 aliphatic heterocycles. The summed E-state index contributed by atoms with van der Waals surface area (Å²) in [6.45, 7) is 5.90. The van der Waals surface area contributed by atoms with Crippen molar-refractivity contribution < 1.29 is 14.9 Å². The van der Waals surface area contributed by atoms with Crippen LogP contribution in [0.4, 0.5) is 0 Å². The molecule has 0 saturated carbocycles. The van der Waals surface area contributed by atoms with Gasteiger partial charge in [-0.05, 0) is 44.8 Å². The molecule has 0 heterocycles. The third kappa shape index (κ3) is 2.13. The summed E-state index contributed by atoms with van der Waals surface area (Å²) in [5, 5.41) is 19.2. The largest absolute Gasteiger partial charge is 0.396 e. The average molecular weight is 238 g/mol. The Balaban J connectivity index is 2.76. The van der Waals surface area contributed by atoms with Crippen LogP contribution in [-0.2, 0) is 4.74 Å². The quantitative estimate of drug-likeness (QED) is 0.445. The number of hydrogen-bond acceptors (Lipinski definition) is 3. The van der Waals surface area contributed by atoms with Crippen molar-refractivity contribution in [2.75, 3.05) is 13.7 Å². The Bertz CT molecular complexity index is 375. The van der Waals surface area contributed by atoms with Crippen molar-refractivity contribution in [1.29, 1.82) is 0 Å². The number of aliphatic hydroxyl groups is 2. The number of rotatable bonds is 4. The molecule has 1 aliphatic rings. The number of aliphatic hydroxyl groups excluding tert-OH is 1. The SMILES string of the molecule is CO[C@]1(C)C(C)=C(C)[C@@]1(O)C#CCCCCO. The van der Waals surface area contributed by atoms with Crippen LogP contribution < -0.4 is 0 Å². The zero-order chi connectivity index (χ0) is 13.1. The molecular weight excluding hydrogens is 216 g/mol. The first kappa shape index (κ1) is 14.2. The van der Waals surface area contributed by atoms with Crippen LogP contribution in [0.25, 0.3) is 0 Å². The van der Waals surface area contributed by atoms with E-state index in [2.05, 4.69) is 11.8 Å². The second-order valence-corrected chi connectivity index (χ2v) is 4.68. The topological polar surface area (TPSA) is 49.7 Å². The van der Waals surface area contributed by atoms with Gasteiger partial charge in [-0.2, -0.15) is 0 Å². The van der Waals surface area contributed by atoms with Gasteiger partial charge in [-0.25, -0.2) is 0 Å². The van der Waals surface area contributed by atoms with Crippen molar-refractivity contribution in [2.45, 2.75) is 51.2 Å². The molecule has 96 valence electrons. The highest BCUT2D eigenvalue weighted by molar-refractivity contribution is 5.53. The van der Waals surface area contributed by atoms with Crippen molar-refractivity contribution >= 4 is 0 Å². The van der Waals surface area contributed by atoms with Gasteiger partial charge in [-0.15, -0.1) is 0 Å². The van der Waals surface area contributed by atoms with Crippen molar-refractivity contribution in [2.24, 2.45) is 0 Å². The summed E-state index contributed by atoms with van der Waals surface area (Å²) in [5.41, 5.74) is 0.0789. The normalized spacial score (nSPS) is 31.9. The smallest absolute Gasteiger partial charge is 0.179 e. The van der Waals surface area contributed by atoms with Crippen molar-refractivity contribution in [3.8, 4) is 11.8 Å². The van der Waals surface area contributed by atoms with Crippen LogP contribution >= 0.6 is 0 Å². The van der Waals surface area contributed by atoms with Crippen LogP contribution in [0.5, 0.6) is 0 Å². The molecule has 0 spiro atoms. The van der Waals surface area contributed by atoms with E-state index in [1.165, 1.54) is 0 Å². The summed E-state index contributed by atoms with van der Waals surface area (Å²) in [6.07, 6.45) is 2.29. The summed E-state index contributed by atoms with van der Waals surface area (Å²) < 4.78 is 5.40. The molecule has 2 N–H and O–H groups in total. The zero-order valence-electron chi connectivity index (χ0n) is 11.1. The highest BCUT2D eigenvalue weighted by Gasteiger charge is 2.58. The van der Waals surface area contributed by atoms with E-state index in [9.17, 15) is 5.11 Å². The van der Waals surface area contributed by atoms with Gasteiger partial charge in [0.05, 0.1) is 0 Å². The average Bonchev–Trinajstić information content (AvgIpc) is 2.35. The molecule has 0 saturated heterocycles. The van der Waals surface area contributed by atoms with Gasteiger partial charge in [0.15, 0.2) is 5.60 Å². The fourth-order valence-corrected chi connectivity index (χ4v) is 2.23. The van der Waals surface area contributed by atoms with E-state index in [-0.39, 0.29) is 6.61 Å². The molecule has 0 radical (unpaired) electrons. The molecule has 1 aliphatic carbocycles. The number of hydrogen-bond donors (Lipinski definition) is 2. The van der Waals surface area contributed by atoms with Crippen LogP contribution in [0.3, 0.4) is 0 Å². The summed E-state index contributed by atoms with van der Waals surface area (Å²) in [6, 6.07) is 0. The van der Waals surface area contributed by atoms with E-state index < -0.39 is 11.2 Å². The second kappa shape index (κ2) is 5.22. The maximum absolute atomic E-state index is 10.5. The Labute approximate surface area is 103 Å². The minimum Gasteiger partial charge on any atom is -0.396 e. The summed E-state index contributed by atoms with van der Waals surface area (Å²) in [7, 11) is 1.59. The molecule has 3 heteroatoms.